The first-order chi connectivity index (χ1) is 13.2. The second-order valence-electron chi connectivity index (χ2n) is 6.58. The number of hydrogen-bond donors (Lipinski definition) is 1. The lowest BCUT2D eigenvalue weighted by Crippen LogP contribution is -2.27. The monoisotopic (exact) mass is 379 g/mol. The second-order valence-corrected chi connectivity index (χ2v) is 7.65. The number of thiazole rings is 1. The van der Waals surface area contributed by atoms with Crippen LogP contribution >= 0.6 is 11.3 Å². The molecule has 0 unspecified atom stereocenters. The molecule has 1 aliphatic rings. The number of aromatic nitrogens is 1. The Kier molecular flexibility index (Phi) is 5.18. The predicted molar refractivity (Wildman–Crippen MR) is 105 cm³/mol. The molecule has 1 amide bonds. The van der Waals surface area contributed by atoms with Crippen molar-refractivity contribution in [2.24, 2.45) is 0 Å². The van der Waals surface area contributed by atoms with Crippen LogP contribution in [0.5, 0.6) is 5.75 Å². The van der Waals surface area contributed by atoms with Gasteiger partial charge in [-0.1, -0.05) is 42.5 Å². The van der Waals surface area contributed by atoms with Gasteiger partial charge in [0.1, 0.15) is 18.5 Å². The standard InChI is InChI=1S/C21H21N3O2S/c1-15-22-19(14-27-15)21-23-20(25)12-24(21)11-16-7-9-18(10-8-16)26-13-17-5-3-2-4-6-17/h2-10,14,21H,11-13H2,1H3,(H,23,25)/t21-/m1/s1. The molecule has 0 radical (unpaired) electrons. The fraction of sp³-hybridized carbons (Fsp3) is 0.238. The molecule has 5 nitrogen and oxygen atoms in total. The minimum atomic E-state index is -0.156. The summed E-state index contributed by atoms with van der Waals surface area (Å²) in [6.07, 6.45) is -0.156. The summed E-state index contributed by atoms with van der Waals surface area (Å²) in [5.41, 5.74) is 3.19. The number of ether oxygens (including phenoxy) is 1. The lowest BCUT2D eigenvalue weighted by atomic mass is 10.2. The van der Waals surface area contributed by atoms with E-state index in [-0.39, 0.29) is 12.1 Å². The van der Waals surface area contributed by atoms with Crippen molar-refractivity contribution in [3.8, 4) is 5.75 Å². The molecule has 1 saturated heterocycles. The first-order valence-corrected chi connectivity index (χ1v) is 9.76. The van der Waals surface area contributed by atoms with E-state index in [0.717, 1.165) is 27.6 Å². The van der Waals surface area contributed by atoms with Crippen LogP contribution in [0.1, 0.15) is 28.0 Å². The molecule has 1 N–H and O–H groups in total. The molecule has 1 atom stereocenters. The molecule has 6 heteroatoms. The summed E-state index contributed by atoms with van der Waals surface area (Å²) in [6.45, 7) is 3.59. The molecule has 138 valence electrons. The van der Waals surface area contributed by atoms with Crippen LogP contribution in [-0.2, 0) is 17.9 Å². The topological polar surface area (TPSA) is 54.5 Å². The number of nitrogens with zero attached hydrogens (tertiary/aromatic N) is 2. The molecule has 0 spiro atoms. The van der Waals surface area contributed by atoms with Gasteiger partial charge in [-0.05, 0) is 30.2 Å². The SMILES string of the molecule is Cc1nc([C@@H]2NC(=O)CN2Cc2ccc(OCc3ccccc3)cc2)cs1. The van der Waals surface area contributed by atoms with E-state index in [2.05, 4.69) is 15.2 Å². The third-order valence-electron chi connectivity index (χ3n) is 4.48. The van der Waals surface area contributed by atoms with Crippen molar-refractivity contribution in [1.82, 2.24) is 15.2 Å². The maximum absolute atomic E-state index is 11.9. The fourth-order valence-corrected chi connectivity index (χ4v) is 3.78. The van der Waals surface area contributed by atoms with Crippen LogP contribution in [0.2, 0.25) is 0 Å². The molecule has 4 rings (SSSR count). The van der Waals surface area contributed by atoms with Gasteiger partial charge in [0.05, 0.1) is 17.2 Å². The summed E-state index contributed by atoms with van der Waals surface area (Å²) < 4.78 is 5.84. The van der Waals surface area contributed by atoms with Crippen LogP contribution in [-0.4, -0.2) is 22.3 Å². The van der Waals surface area contributed by atoms with Gasteiger partial charge in [0.25, 0.3) is 0 Å². The molecule has 3 aromatic rings. The molecular weight excluding hydrogens is 358 g/mol. The van der Waals surface area contributed by atoms with E-state index in [0.29, 0.717) is 19.7 Å². The highest BCUT2D eigenvalue weighted by molar-refractivity contribution is 7.09. The number of hydrogen-bond acceptors (Lipinski definition) is 5. The summed E-state index contributed by atoms with van der Waals surface area (Å²) in [5.74, 6) is 0.873. The van der Waals surface area contributed by atoms with Crippen molar-refractivity contribution < 1.29 is 9.53 Å². The molecule has 0 bridgehead atoms. The third kappa shape index (κ3) is 4.35. The van der Waals surface area contributed by atoms with E-state index in [4.69, 9.17) is 4.74 Å². The Balaban J connectivity index is 1.39. The average molecular weight is 379 g/mol. The summed E-state index contributed by atoms with van der Waals surface area (Å²) in [5, 5.41) is 6.03. The fourth-order valence-electron chi connectivity index (χ4n) is 3.15. The van der Waals surface area contributed by atoms with Crippen molar-refractivity contribution >= 4 is 17.2 Å². The molecule has 27 heavy (non-hydrogen) atoms. The molecule has 2 aromatic carbocycles. The van der Waals surface area contributed by atoms with Gasteiger partial charge < -0.3 is 10.1 Å². The van der Waals surface area contributed by atoms with Crippen molar-refractivity contribution in [1.29, 1.82) is 0 Å². The molecule has 0 aliphatic carbocycles. The summed E-state index contributed by atoms with van der Waals surface area (Å²) in [7, 11) is 0. The highest BCUT2D eigenvalue weighted by atomic mass is 32.1. The normalized spacial score (nSPS) is 17.1. The largest absolute Gasteiger partial charge is 0.489 e. The van der Waals surface area contributed by atoms with Gasteiger partial charge in [-0.3, -0.25) is 9.69 Å². The van der Waals surface area contributed by atoms with Crippen molar-refractivity contribution in [3.05, 3.63) is 81.8 Å². The maximum atomic E-state index is 11.9. The number of benzene rings is 2. The van der Waals surface area contributed by atoms with Gasteiger partial charge in [0.15, 0.2) is 0 Å². The number of amides is 1. The highest BCUT2D eigenvalue weighted by Crippen LogP contribution is 2.26. The first kappa shape index (κ1) is 17.7. The summed E-state index contributed by atoms with van der Waals surface area (Å²) >= 11 is 1.60. The minimum Gasteiger partial charge on any atom is -0.489 e. The number of rotatable bonds is 6. The smallest absolute Gasteiger partial charge is 0.235 e. The van der Waals surface area contributed by atoms with Crippen molar-refractivity contribution in [3.63, 3.8) is 0 Å². The quantitative estimate of drug-likeness (QED) is 0.710. The van der Waals surface area contributed by atoms with Gasteiger partial charge >= 0.3 is 0 Å². The predicted octanol–water partition coefficient (Wildman–Crippen LogP) is 3.66. The lowest BCUT2D eigenvalue weighted by Gasteiger charge is -2.21. The lowest BCUT2D eigenvalue weighted by molar-refractivity contribution is -0.118. The zero-order valence-electron chi connectivity index (χ0n) is 15.1. The molecule has 2 heterocycles. The summed E-state index contributed by atoms with van der Waals surface area (Å²) in [6, 6.07) is 18.2. The molecule has 0 saturated carbocycles. The van der Waals surface area contributed by atoms with Crippen LogP contribution < -0.4 is 10.1 Å². The maximum Gasteiger partial charge on any atom is 0.235 e. The number of aryl methyl sites for hydroxylation is 1. The van der Waals surface area contributed by atoms with Crippen LogP contribution in [0.3, 0.4) is 0 Å². The Morgan fingerprint density at radius 2 is 1.93 bits per heavy atom. The molecular formula is C21H21N3O2S. The van der Waals surface area contributed by atoms with Gasteiger partial charge in [0, 0.05) is 11.9 Å². The first-order valence-electron chi connectivity index (χ1n) is 8.88. The number of carbonyl (C=O) groups excluding carboxylic acids is 1. The van der Waals surface area contributed by atoms with E-state index < -0.39 is 0 Å². The van der Waals surface area contributed by atoms with E-state index in [1.165, 1.54) is 0 Å². The van der Waals surface area contributed by atoms with Gasteiger partial charge in [-0.15, -0.1) is 11.3 Å². The molecule has 1 aromatic heterocycles. The Morgan fingerprint density at radius 1 is 1.15 bits per heavy atom. The second kappa shape index (κ2) is 7.90. The Hall–Kier alpha value is -2.70. The number of nitrogens with one attached hydrogen (secondary N) is 1. The Morgan fingerprint density at radius 3 is 2.63 bits per heavy atom. The zero-order valence-corrected chi connectivity index (χ0v) is 15.9. The molecule has 1 aliphatic heterocycles. The minimum absolute atomic E-state index is 0.0356. The zero-order chi connectivity index (χ0) is 18.6. The summed E-state index contributed by atoms with van der Waals surface area (Å²) in [4.78, 5) is 18.5. The van der Waals surface area contributed by atoms with Crippen LogP contribution in [0, 0.1) is 6.92 Å². The van der Waals surface area contributed by atoms with Crippen LogP contribution in [0.25, 0.3) is 0 Å². The van der Waals surface area contributed by atoms with Crippen molar-refractivity contribution in [2.45, 2.75) is 26.2 Å². The molecule has 1 fully saturated rings. The Bertz CT molecular complexity index is 909. The third-order valence-corrected chi connectivity index (χ3v) is 5.28. The number of carbonyl (C=O) groups is 1. The van der Waals surface area contributed by atoms with E-state index in [1.54, 1.807) is 11.3 Å². The Labute approximate surface area is 162 Å². The average Bonchev–Trinajstić information content (AvgIpc) is 3.27. The van der Waals surface area contributed by atoms with Gasteiger partial charge in [-0.25, -0.2) is 4.98 Å². The van der Waals surface area contributed by atoms with Crippen LogP contribution in [0.15, 0.2) is 60.0 Å². The van der Waals surface area contributed by atoms with E-state index >= 15 is 0 Å². The van der Waals surface area contributed by atoms with E-state index in [9.17, 15) is 4.79 Å². The van der Waals surface area contributed by atoms with E-state index in [1.807, 2.05) is 66.9 Å². The van der Waals surface area contributed by atoms with Crippen LogP contribution in [0.4, 0.5) is 0 Å². The van der Waals surface area contributed by atoms with Gasteiger partial charge in [-0.2, -0.15) is 0 Å². The van der Waals surface area contributed by atoms with Gasteiger partial charge in [0.2, 0.25) is 5.91 Å². The highest BCUT2D eigenvalue weighted by Gasteiger charge is 2.32. The van der Waals surface area contributed by atoms with Crippen molar-refractivity contribution in [2.75, 3.05) is 6.54 Å².